The van der Waals surface area contributed by atoms with Gasteiger partial charge in [-0.25, -0.2) is 0 Å². The summed E-state index contributed by atoms with van der Waals surface area (Å²) in [6.07, 6.45) is 0. The molecule has 1 saturated heterocycles. The SMILES string of the molecule is Cc1cc(CN2CCN(C(=O)CNC(=O)[C@@H](N)C(C)C)CC2)on1. The molecular formula is C16H27N5O3. The number of hydrogen-bond donors (Lipinski definition) is 2. The highest BCUT2D eigenvalue weighted by Gasteiger charge is 2.23. The van der Waals surface area contributed by atoms with Crippen molar-refractivity contribution in [3.8, 4) is 0 Å². The minimum atomic E-state index is -0.583. The van der Waals surface area contributed by atoms with E-state index in [0.29, 0.717) is 19.6 Å². The van der Waals surface area contributed by atoms with Crippen LogP contribution in [-0.2, 0) is 16.1 Å². The Morgan fingerprint density at radius 2 is 2.00 bits per heavy atom. The number of nitrogens with zero attached hydrogens (tertiary/aromatic N) is 3. The van der Waals surface area contributed by atoms with E-state index in [1.165, 1.54) is 0 Å². The molecule has 0 saturated carbocycles. The smallest absolute Gasteiger partial charge is 0.242 e. The van der Waals surface area contributed by atoms with Crippen molar-refractivity contribution in [2.45, 2.75) is 33.4 Å². The predicted molar refractivity (Wildman–Crippen MR) is 88.9 cm³/mol. The quantitative estimate of drug-likeness (QED) is 0.740. The molecular weight excluding hydrogens is 310 g/mol. The monoisotopic (exact) mass is 337 g/mol. The molecule has 24 heavy (non-hydrogen) atoms. The van der Waals surface area contributed by atoms with Gasteiger partial charge in [-0.1, -0.05) is 19.0 Å². The van der Waals surface area contributed by atoms with Crippen LogP contribution in [-0.4, -0.2) is 65.5 Å². The Balaban J connectivity index is 1.71. The molecule has 0 unspecified atom stereocenters. The fourth-order valence-corrected chi connectivity index (χ4v) is 2.56. The van der Waals surface area contributed by atoms with Crippen molar-refractivity contribution in [3.63, 3.8) is 0 Å². The summed E-state index contributed by atoms with van der Waals surface area (Å²) in [5.41, 5.74) is 6.63. The van der Waals surface area contributed by atoms with Crippen LogP contribution in [0.25, 0.3) is 0 Å². The molecule has 1 aliphatic rings. The maximum atomic E-state index is 12.2. The lowest BCUT2D eigenvalue weighted by Crippen LogP contribution is -2.52. The molecule has 0 aromatic carbocycles. The zero-order chi connectivity index (χ0) is 17.7. The molecule has 0 spiro atoms. The van der Waals surface area contributed by atoms with Crippen molar-refractivity contribution in [2.24, 2.45) is 11.7 Å². The first-order valence-corrected chi connectivity index (χ1v) is 8.32. The van der Waals surface area contributed by atoms with Crippen molar-refractivity contribution in [1.29, 1.82) is 0 Å². The molecule has 1 atom stereocenters. The molecule has 0 bridgehead atoms. The van der Waals surface area contributed by atoms with Crippen LogP contribution in [0.4, 0.5) is 0 Å². The molecule has 2 heterocycles. The topological polar surface area (TPSA) is 105 Å². The van der Waals surface area contributed by atoms with Gasteiger partial charge in [0.05, 0.1) is 24.8 Å². The van der Waals surface area contributed by atoms with Gasteiger partial charge in [-0.2, -0.15) is 0 Å². The molecule has 8 nitrogen and oxygen atoms in total. The Labute approximate surface area is 142 Å². The number of hydrogen-bond acceptors (Lipinski definition) is 6. The van der Waals surface area contributed by atoms with Gasteiger partial charge < -0.3 is 20.5 Å². The summed E-state index contributed by atoms with van der Waals surface area (Å²) in [6, 6.07) is 1.34. The molecule has 134 valence electrons. The molecule has 1 aliphatic heterocycles. The zero-order valence-electron chi connectivity index (χ0n) is 14.6. The van der Waals surface area contributed by atoms with Crippen LogP contribution in [0.2, 0.25) is 0 Å². The van der Waals surface area contributed by atoms with E-state index in [2.05, 4.69) is 15.4 Å². The molecule has 3 N–H and O–H groups in total. The predicted octanol–water partition coefficient (Wildman–Crippen LogP) is -0.273. The molecule has 2 amide bonds. The molecule has 1 aromatic rings. The summed E-state index contributed by atoms with van der Waals surface area (Å²) in [7, 11) is 0. The standard InChI is InChI=1S/C16H27N5O3/c1-11(2)15(17)16(23)18-9-14(22)21-6-4-20(5-7-21)10-13-8-12(3)19-24-13/h8,11,15H,4-7,9-10,17H2,1-3H3,(H,18,23)/t15-/m0/s1. The summed E-state index contributed by atoms with van der Waals surface area (Å²) in [6.45, 7) is 9.15. The normalized spacial score (nSPS) is 17.1. The number of piperazine rings is 1. The lowest BCUT2D eigenvalue weighted by Gasteiger charge is -2.34. The van der Waals surface area contributed by atoms with Gasteiger partial charge in [-0.05, 0) is 12.8 Å². The number of aryl methyl sites for hydroxylation is 1. The van der Waals surface area contributed by atoms with Crippen molar-refractivity contribution in [1.82, 2.24) is 20.3 Å². The van der Waals surface area contributed by atoms with E-state index in [0.717, 1.165) is 24.5 Å². The second-order valence-electron chi connectivity index (χ2n) is 6.58. The van der Waals surface area contributed by atoms with E-state index in [1.807, 2.05) is 26.8 Å². The Morgan fingerprint density at radius 1 is 1.33 bits per heavy atom. The third-order valence-corrected chi connectivity index (χ3v) is 4.22. The fraction of sp³-hybridized carbons (Fsp3) is 0.688. The van der Waals surface area contributed by atoms with E-state index < -0.39 is 6.04 Å². The zero-order valence-corrected chi connectivity index (χ0v) is 14.6. The van der Waals surface area contributed by atoms with Gasteiger partial charge in [0.1, 0.15) is 0 Å². The number of carbonyl (C=O) groups is 2. The van der Waals surface area contributed by atoms with Crippen molar-refractivity contribution < 1.29 is 14.1 Å². The van der Waals surface area contributed by atoms with Gasteiger partial charge in [0.15, 0.2) is 5.76 Å². The average molecular weight is 337 g/mol. The number of nitrogens with one attached hydrogen (secondary N) is 1. The number of carbonyl (C=O) groups excluding carboxylic acids is 2. The summed E-state index contributed by atoms with van der Waals surface area (Å²) >= 11 is 0. The molecule has 0 aliphatic carbocycles. The number of amides is 2. The highest BCUT2D eigenvalue weighted by molar-refractivity contribution is 5.87. The van der Waals surface area contributed by atoms with Gasteiger partial charge >= 0.3 is 0 Å². The van der Waals surface area contributed by atoms with Crippen LogP contribution in [0.5, 0.6) is 0 Å². The van der Waals surface area contributed by atoms with Crippen LogP contribution < -0.4 is 11.1 Å². The third kappa shape index (κ3) is 5.04. The van der Waals surface area contributed by atoms with Crippen LogP contribution in [0.15, 0.2) is 10.6 Å². The summed E-state index contributed by atoms with van der Waals surface area (Å²) in [5, 5.41) is 6.50. The second kappa shape index (κ2) is 8.25. The Morgan fingerprint density at radius 3 is 2.54 bits per heavy atom. The van der Waals surface area contributed by atoms with Crippen molar-refractivity contribution >= 4 is 11.8 Å². The van der Waals surface area contributed by atoms with E-state index in [4.69, 9.17) is 10.3 Å². The Bertz CT molecular complexity index is 564. The fourth-order valence-electron chi connectivity index (χ4n) is 2.56. The third-order valence-electron chi connectivity index (χ3n) is 4.22. The molecule has 1 fully saturated rings. The van der Waals surface area contributed by atoms with E-state index >= 15 is 0 Å². The number of nitrogens with two attached hydrogens (primary N) is 1. The Hall–Kier alpha value is -1.93. The first-order chi connectivity index (χ1) is 11.4. The molecule has 8 heteroatoms. The van der Waals surface area contributed by atoms with Crippen LogP contribution in [0, 0.1) is 12.8 Å². The maximum Gasteiger partial charge on any atom is 0.242 e. The second-order valence-corrected chi connectivity index (χ2v) is 6.58. The van der Waals surface area contributed by atoms with E-state index in [1.54, 1.807) is 4.90 Å². The van der Waals surface area contributed by atoms with Gasteiger partial charge in [0.25, 0.3) is 0 Å². The number of aromatic nitrogens is 1. The van der Waals surface area contributed by atoms with Crippen molar-refractivity contribution in [3.05, 3.63) is 17.5 Å². The van der Waals surface area contributed by atoms with Crippen LogP contribution in [0.1, 0.15) is 25.3 Å². The van der Waals surface area contributed by atoms with E-state index in [-0.39, 0.29) is 24.3 Å². The lowest BCUT2D eigenvalue weighted by molar-refractivity contribution is -0.134. The van der Waals surface area contributed by atoms with Gasteiger partial charge in [0, 0.05) is 32.2 Å². The summed E-state index contributed by atoms with van der Waals surface area (Å²) in [5.74, 6) is 0.526. The summed E-state index contributed by atoms with van der Waals surface area (Å²) in [4.78, 5) is 28.0. The summed E-state index contributed by atoms with van der Waals surface area (Å²) < 4.78 is 5.22. The van der Waals surface area contributed by atoms with Gasteiger partial charge in [-0.3, -0.25) is 14.5 Å². The molecule has 0 radical (unpaired) electrons. The first kappa shape index (κ1) is 18.4. The van der Waals surface area contributed by atoms with Gasteiger partial charge in [-0.15, -0.1) is 0 Å². The number of rotatable bonds is 6. The van der Waals surface area contributed by atoms with Crippen LogP contribution in [0.3, 0.4) is 0 Å². The van der Waals surface area contributed by atoms with Crippen LogP contribution >= 0.6 is 0 Å². The largest absolute Gasteiger partial charge is 0.360 e. The molecule has 1 aromatic heterocycles. The highest BCUT2D eigenvalue weighted by atomic mass is 16.5. The highest BCUT2D eigenvalue weighted by Crippen LogP contribution is 2.09. The van der Waals surface area contributed by atoms with E-state index in [9.17, 15) is 9.59 Å². The minimum absolute atomic E-state index is 0.000548. The first-order valence-electron chi connectivity index (χ1n) is 8.32. The van der Waals surface area contributed by atoms with Crippen molar-refractivity contribution in [2.75, 3.05) is 32.7 Å². The Kier molecular flexibility index (Phi) is 6.33. The van der Waals surface area contributed by atoms with Gasteiger partial charge in [0.2, 0.25) is 11.8 Å². The lowest BCUT2D eigenvalue weighted by atomic mass is 10.1. The maximum absolute atomic E-state index is 12.2. The minimum Gasteiger partial charge on any atom is -0.360 e. The molecule has 2 rings (SSSR count). The average Bonchev–Trinajstić information content (AvgIpc) is 2.97.